The summed E-state index contributed by atoms with van der Waals surface area (Å²) in [6.07, 6.45) is -0.806. The van der Waals surface area contributed by atoms with Gasteiger partial charge < -0.3 is 20.4 Å². The molecular formula is C6H6O7. The largest absolute Gasteiger partial charge is 0.480 e. The molecule has 1 saturated carbocycles. The van der Waals surface area contributed by atoms with E-state index in [9.17, 15) is 14.4 Å². The number of aliphatic carboxylic acids is 3. The number of hydrogen-bond donors (Lipinski definition) is 4. The second-order valence-corrected chi connectivity index (χ2v) is 2.86. The molecule has 0 heterocycles. The van der Waals surface area contributed by atoms with Crippen molar-refractivity contribution >= 4 is 17.9 Å². The van der Waals surface area contributed by atoms with Crippen LogP contribution in [0, 0.1) is 5.41 Å². The lowest BCUT2D eigenvalue weighted by Crippen LogP contribution is -2.39. The van der Waals surface area contributed by atoms with Crippen LogP contribution in [0.15, 0.2) is 0 Å². The van der Waals surface area contributed by atoms with E-state index in [2.05, 4.69) is 0 Å². The molecule has 0 spiro atoms. The van der Waals surface area contributed by atoms with E-state index in [-0.39, 0.29) is 0 Å². The summed E-state index contributed by atoms with van der Waals surface area (Å²) in [7, 11) is 0. The van der Waals surface area contributed by atoms with Crippen LogP contribution in [0.5, 0.6) is 0 Å². The summed E-state index contributed by atoms with van der Waals surface area (Å²) in [4.78, 5) is 31.2. The molecule has 0 amide bonds. The molecule has 1 atom stereocenters. The van der Waals surface area contributed by atoms with Crippen LogP contribution in [-0.2, 0) is 14.4 Å². The summed E-state index contributed by atoms with van der Waals surface area (Å²) in [6.45, 7) is 0. The maximum atomic E-state index is 10.4. The Bertz CT molecular complexity index is 292. The smallest absolute Gasteiger partial charge is 0.337 e. The Morgan fingerprint density at radius 2 is 1.31 bits per heavy atom. The maximum Gasteiger partial charge on any atom is 0.337 e. The Labute approximate surface area is 71.2 Å². The minimum absolute atomic E-state index is 0.806. The Balaban J connectivity index is 3.11. The van der Waals surface area contributed by atoms with Crippen molar-refractivity contribution in [3.63, 3.8) is 0 Å². The number of rotatable bonds is 3. The van der Waals surface area contributed by atoms with Gasteiger partial charge in [0.25, 0.3) is 0 Å². The predicted molar refractivity (Wildman–Crippen MR) is 34.9 cm³/mol. The van der Waals surface area contributed by atoms with Crippen LogP contribution in [0.2, 0.25) is 0 Å². The minimum Gasteiger partial charge on any atom is -0.480 e. The predicted octanol–water partition coefficient (Wildman–Crippen LogP) is -1.64. The number of carbonyl (C=O) groups is 3. The molecule has 0 bridgehead atoms. The molecule has 7 heteroatoms. The van der Waals surface area contributed by atoms with Crippen molar-refractivity contribution in [1.29, 1.82) is 0 Å². The highest BCUT2D eigenvalue weighted by atomic mass is 16.4. The molecule has 1 unspecified atom stereocenters. The van der Waals surface area contributed by atoms with Gasteiger partial charge in [-0.15, -0.1) is 0 Å². The molecule has 0 aliphatic heterocycles. The van der Waals surface area contributed by atoms with Crippen molar-refractivity contribution in [2.45, 2.75) is 12.0 Å². The SMILES string of the molecule is O=C(O)C1(O)CC1(C(=O)O)C(=O)O. The van der Waals surface area contributed by atoms with Gasteiger partial charge in [0, 0.05) is 6.42 Å². The zero-order valence-electron chi connectivity index (χ0n) is 6.22. The first kappa shape index (κ1) is 9.46. The van der Waals surface area contributed by atoms with Gasteiger partial charge in [0.2, 0.25) is 5.41 Å². The number of carboxylic acid groups (broad SMARTS) is 3. The lowest BCUT2D eigenvalue weighted by atomic mass is 10.0. The molecule has 4 N–H and O–H groups in total. The lowest BCUT2D eigenvalue weighted by molar-refractivity contribution is -0.169. The molecular weight excluding hydrogens is 184 g/mol. The van der Waals surface area contributed by atoms with Crippen LogP contribution in [0.1, 0.15) is 6.42 Å². The number of aliphatic hydroxyl groups is 1. The molecule has 0 aromatic carbocycles. The quantitative estimate of drug-likeness (QED) is 0.392. The highest BCUT2D eigenvalue weighted by molar-refractivity contribution is 6.11. The molecule has 0 saturated heterocycles. The van der Waals surface area contributed by atoms with Crippen LogP contribution >= 0.6 is 0 Å². The Kier molecular flexibility index (Phi) is 1.60. The van der Waals surface area contributed by atoms with Crippen molar-refractivity contribution < 1.29 is 34.8 Å². The third kappa shape index (κ3) is 0.842. The van der Waals surface area contributed by atoms with E-state index in [4.69, 9.17) is 20.4 Å². The van der Waals surface area contributed by atoms with E-state index in [0.29, 0.717) is 0 Å². The van der Waals surface area contributed by atoms with E-state index in [1.165, 1.54) is 0 Å². The Hall–Kier alpha value is -1.63. The number of hydrogen-bond acceptors (Lipinski definition) is 4. The highest BCUT2D eigenvalue weighted by Gasteiger charge is 2.82. The normalized spacial score (nSPS) is 29.3. The van der Waals surface area contributed by atoms with Crippen molar-refractivity contribution in [1.82, 2.24) is 0 Å². The molecule has 13 heavy (non-hydrogen) atoms. The minimum atomic E-state index is -2.68. The fourth-order valence-corrected chi connectivity index (χ4v) is 1.19. The van der Waals surface area contributed by atoms with Gasteiger partial charge in [0.1, 0.15) is 0 Å². The van der Waals surface area contributed by atoms with E-state index < -0.39 is 35.3 Å². The zero-order valence-corrected chi connectivity index (χ0v) is 6.22. The van der Waals surface area contributed by atoms with Gasteiger partial charge in [0.05, 0.1) is 0 Å². The molecule has 0 radical (unpaired) electrons. The zero-order chi connectivity index (χ0) is 10.4. The molecule has 1 rings (SSSR count). The fraction of sp³-hybridized carbons (Fsp3) is 0.500. The summed E-state index contributed by atoms with van der Waals surface area (Å²) < 4.78 is 0. The molecule has 0 aromatic heterocycles. The van der Waals surface area contributed by atoms with Gasteiger partial charge in [-0.3, -0.25) is 9.59 Å². The molecule has 1 fully saturated rings. The topological polar surface area (TPSA) is 132 Å². The molecule has 7 nitrogen and oxygen atoms in total. The van der Waals surface area contributed by atoms with Crippen LogP contribution < -0.4 is 0 Å². The first-order valence-corrected chi connectivity index (χ1v) is 3.21. The third-order valence-corrected chi connectivity index (χ3v) is 2.19. The van der Waals surface area contributed by atoms with Crippen LogP contribution in [0.25, 0.3) is 0 Å². The van der Waals surface area contributed by atoms with E-state index in [0.717, 1.165) is 0 Å². The molecule has 1 aliphatic carbocycles. The van der Waals surface area contributed by atoms with Crippen molar-refractivity contribution in [2.24, 2.45) is 5.41 Å². The van der Waals surface area contributed by atoms with Crippen LogP contribution in [0.4, 0.5) is 0 Å². The first-order valence-electron chi connectivity index (χ1n) is 3.21. The Morgan fingerprint density at radius 1 is 0.923 bits per heavy atom. The summed E-state index contributed by atoms with van der Waals surface area (Å²) in [6, 6.07) is 0. The standard InChI is InChI=1S/C6H6O7/c7-2(8)5(3(9)10)1-6(5,13)4(11)12/h13H,1H2,(H,7,8)(H,9,10)(H,11,12). The van der Waals surface area contributed by atoms with Gasteiger partial charge in [-0.25, -0.2) is 4.79 Å². The summed E-state index contributed by atoms with van der Waals surface area (Å²) in [5.41, 5.74) is -5.26. The fourth-order valence-electron chi connectivity index (χ4n) is 1.19. The van der Waals surface area contributed by atoms with Gasteiger partial charge in [-0.2, -0.15) is 0 Å². The van der Waals surface area contributed by atoms with Gasteiger partial charge >= 0.3 is 17.9 Å². The second-order valence-electron chi connectivity index (χ2n) is 2.86. The second kappa shape index (κ2) is 2.19. The average Bonchev–Trinajstić information content (AvgIpc) is 2.59. The maximum absolute atomic E-state index is 10.4. The summed E-state index contributed by atoms with van der Waals surface area (Å²) in [5.74, 6) is -5.52. The average molecular weight is 190 g/mol. The van der Waals surface area contributed by atoms with Gasteiger partial charge in [-0.05, 0) is 0 Å². The molecule has 1 aliphatic rings. The van der Waals surface area contributed by atoms with Gasteiger partial charge in [0.15, 0.2) is 5.60 Å². The van der Waals surface area contributed by atoms with Crippen molar-refractivity contribution in [2.75, 3.05) is 0 Å². The van der Waals surface area contributed by atoms with E-state index in [1.54, 1.807) is 0 Å². The van der Waals surface area contributed by atoms with Crippen molar-refractivity contribution in [3.8, 4) is 0 Å². The van der Waals surface area contributed by atoms with Crippen LogP contribution in [0.3, 0.4) is 0 Å². The summed E-state index contributed by atoms with van der Waals surface area (Å²) >= 11 is 0. The Morgan fingerprint density at radius 3 is 1.38 bits per heavy atom. The van der Waals surface area contributed by atoms with Crippen LogP contribution in [-0.4, -0.2) is 43.9 Å². The third-order valence-electron chi connectivity index (χ3n) is 2.19. The van der Waals surface area contributed by atoms with E-state index in [1.807, 2.05) is 0 Å². The summed E-state index contributed by atoms with van der Waals surface area (Å²) in [5, 5.41) is 34.4. The monoisotopic (exact) mass is 190 g/mol. The first-order chi connectivity index (χ1) is 5.79. The molecule has 0 aromatic rings. The lowest BCUT2D eigenvalue weighted by Gasteiger charge is -2.08. The van der Waals surface area contributed by atoms with Crippen molar-refractivity contribution in [3.05, 3.63) is 0 Å². The molecule has 72 valence electrons. The number of carboxylic acids is 3. The highest BCUT2D eigenvalue weighted by Crippen LogP contribution is 2.56. The van der Waals surface area contributed by atoms with Gasteiger partial charge in [-0.1, -0.05) is 0 Å². The van der Waals surface area contributed by atoms with E-state index >= 15 is 0 Å².